The van der Waals surface area contributed by atoms with Crippen molar-refractivity contribution in [3.8, 4) is 0 Å². The van der Waals surface area contributed by atoms with Gasteiger partial charge in [-0.2, -0.15) is 10.1 Å². The molecule has 5 rings (SSSR count). The van der Waals surface area contributed by atoms with Crippen molar-refractivity contribution in [2.24, 2.45) is 0 Å². The molecule has 7 heteroatoms. The highest BCUT2D eigenvalue weighted by Gasteiger charge is 2.23. The minimum Gasteiger partial charge on any atom is -0.356 e. The van der Waals surface area contributed by atoms with Crippen LogP contribution in [0, 0.1) is 0 Å². The Kier molecular flexibility index (Phi) is 4.51. The van der Waals surface area contributed by atoms with Gasteiger partial charge in [-0.05, 0) is 56.2 Å². The van der Waals surface area contributed by atoms with Crippen molar-refractivity contribution in [1.29, 1.82) is 0 Å². The Hall–Kier alpha value is -2.44. The fourth-order valence-corrected chi connectivity index (χ4v) is 4.38. The van der Waals surface area contributed by atoms with Gasteiger partial charge in [-0.25, -0.2) is 4.98 Å². The summed E-state index contributed by atoms with van der Waals surface area (Å²) >= 11 is 0. The van der Waals surface area contributed by atoms with E-state index in [0.29, 0.717) is 0 Å². The van der Waals surface area contributed by atoms with Crippen LogP contribution in [0.15, 0.2) is 18.3 Å². The Balaban J connectivity index is 1.26. The van der Waals surface area contributed by atoms with Crippen molar-refractivity contribution >= 4 is 17.6 Å². The number of hydrogen-bond donors (Lipinski definition) is 0. The van der Waals surface area contributed by atoms with Gasteiger partial charge in [0, 0.05) is 45.5 Å². The molecule has 2 aliphatic heterocycles. The van der Waals surface area contributed by atoms with Crippen LogP contribution >= 0.6 is 0 Å². The molecular weight excluding hydrogens is 338 g/mol. The minimum atomic E-state index is 0.857. The summed E-state index contributed by atoms with van der Waals surface area (Å²) in [4.78, 5) is 16.4. The second-order valence-electron chi connectivity index (χ2n) is 7.76. The largest absolute Gasteiger partial charge is 0.356 e. The Morgan fingerprint density at radius 1 is 0.704 bits per heavy atom. The highest BCUT2D eigenvalue weighted by Crippen LogP contribution is 2.24. The fourth-order valence-electron chi connectivity index (χ4n) is 4.38. The van der Waals surface area contributed by atoms with E-state index in [2.05, 4.69) is 35.9 Å². The number of rotatable bonds is 3. The molecule has 2 aromatic rings. The first kappa shape index (κ1) is 16.7. The van der Waals surface area contributed by atoms with E-state index in [-0.39, 0.29) is 0 Å². The summed E-state index contributed by atoms with van der Waals surface area (Å²) in [5.74, 6) is 2.96. The Labute approximate surface area is 160 Å². The van der Waals surface area contributed by atoms with Crippen molar-refractivity contribution in [3.63, 3.8) is 0 Å². The van der Waals surface area contributed by atoms with Gasteiger partial charge in [-0.15, -0.1) is 5.10 Å². The smallest absolute Gasteiger partial charge is 0.227 e. The molecule has 7 nitrogen and oxygen atoms in total. The highest BCUT2D eigenvalue weighted by molar-refractivity contribution is 5.47. The number of aromatic nitrogens is 4. The Bertz CT molecular complexity index is 795. The Morgan fingerprint density at radius 2 is 1.44 bits per heavy atom. The van der Waals surface area contributed by atoms with Gasteiger partial charge >= 0.3 is 0 Å². The number of nitrogens with zero attached hydrogens (tertiary/aromatic N) is 7. The number of hydrogen-bond acceptors (Lipinski definition) is 7. The van der Waals surface area contributed by atoms with Crippen molar-refractivity contribution < 1.29 is 0 Å². The normalized spacial score (nSPS) is 20.1. The average Bonchev–Trinajstić information content (AvgIpc) is 3.29. The molecule has 142 valence electrons. The molecule has 2 saturated heterocycles. The summed E-state index contributed by atoms with van der Waals surface area (Å²) in [7, 11) is 0. The molecule has 0 radical (unpaired) electrons. The lowest BCUT2D eigenvalue weighted by Crippen LogP contribution is -2.47. The molecule has 1 aliphatic carbocycles. The van der Waals surface area contributed by atoms with Gasteiger partial charge in [-0.3, -0.25) is 0 Å². The molecule has 0 bridgehead atoms. The zero-order valence-electron chi connectivity index (χ0n) is 15.8. The maximum Gasteiger partial charge on any atom is 0.227 e. The zero-order chi connectivity index (χ0) is 18.1. The third-order valence-corrected chi connectivity index (χ3v) is 6.00. The number of anilines is 3. The zero-order valence-corrected chi connectivity index (χ0v) is 15.8. The van der Waals surface area contributed by atoms with Gasteiger partial charge in [0.15, 0.2) is 5.82 Å². The maximum atomic E-state index is 4.83. The molecule has 0 atom stereocenters. The summed E-state index contributed by atoms with van der Waals surface area (Å²) in [6, 6.07) is 4.30. The van der Waals surface area contributed by atoms with Gasteiger partial charge in [0.05, 0.1) is 5.69 Å². The predicted molar refractivity (Wildman–Crippen MR) is 107 cm³/mol. The molecule has 2 aromatic heterocycles. The third-order valence-electron chi connectivity index (χ3n) is 6.00. The quantitative estimate of drug-likeness (QED) is 0.825. The molecule has 27 heavy (non-hydrogen) atoms. The van der Waals surface area contributed by atoms with Crippen LogP contribution < -0.4 is 14.7 Å². The Morgan fingerprint density at radius 3 is 2.30 bits per heavy atom. The molecule has 0 N–H and O–H groups in total. The van der Waals surface area contributed by atoms with Gasteiger partial charge in [-0.1, -0.05) is 0 Å². The average molecular weight is 365 g/mol. The fraction of sp³-hybridized carbons (Fsp3) is 0.600. The molecule has 3 aliphatic rings. The summed E-state index contributed by atoms with van der Waals surface area (Å²) in [5, 5.41) is 8.99. The first-order chi connectivity index (χ1) is 13.4. The monoisotopic (exact) mass is 365 g/mol. The summed E-state index contributed by atoms with van der Waals surface area (Å²) < 4.78 is 0. The van der Waals surface area contributed by atoms with E-state index in [9.17, 15) is 0 Å². The summed E-state index contributed by atoms with van der Waals surface area (Å²) in [5.41, 5.74) is 2.60. The second-order valence-corrected chi connectivity index (χ2v) is 7.76. The van der Waals surface area contributed by atoms with E-state index in [0.717, 1.165) is 69.7 Å². The second kappa shape index (κ2) is 7.29. The molecule has 2 fully saturated rings. The van der Waals surface area contributed by atoms with E-state index in [1.165, 1.54) is 36.9 Å². The first-order valence-electron chi connectivity index (χ1n) is 10.3. The van der Waals surface area contributed by atoms with Crippen LogP contribution in [-0.4, -0.2) is 59.4 Å². The van der Waals surface area contributed by atoms with Crippen molar-refractivity contribution in [3.05, 3.63) is 29.6 Å². The number of piperazine rings is 1. The molecule has 0 spiro atoms. The topological polar surface area (TPSA) is 61.3 Å². The minimum absolute atomic E-state index is 0.857. The van der Waals surface area contributed by atoms with Crippen LogP contribution in [0.4, 0.5) is 17.6 Å². The molecule has 0 unspecified atom stereocenters. The van der Waals surface area contributed by atoms with Crippen LogP contribution in [0.25, 0.3) is 0 Å². The predicted octanol–water partition coefficient (Wildman–Crippen LogP) is 2.07. The van der Waals surface area contributed by atoms with Crippen LogP contribution in [0.5, 0.6) is 0 Å². The van der Waals surface area contributed by atoms with Crippen molar-refractivity contribution in [2.45, 2.75) is 38.5 Å². The molecule has 4 heterocycles. The molecule has 0 saturated carbocycles. The lowest BCUT2D eigenvalue weighted by atomic mass is 9.97. The van der Waals surface area contributed by atoms with Crippen LogP contribution in [0.3, 0.4) is 0 Å². The van der Waals surface area contributed by atoms with Crippen LogP contribution in [0.1, 0.15) is 36.9 Å². The van der Waals surface area contributed by atoms with E-state index >= 15 is 0 Å². The molecule has 0 aromatic carbocycles. The maximum absolute atomic E-state index is 4.83. The highest BCUT2D eigenvalue weighted by atomic mass is 15.4. The third kappa shape index (κ3) is 3.42. The van der Waals surface area contributed by atoms with Gasteiger partial charge < -0.3 is 14.7 Å². The lowest BCUT2D eigenvalue weighted by molar-refractivity contribution is 0.619. The molecule has 0 amide bonds. The van der Waals surface area contributed by atoms with E-state index in [1.807, 2.05) is 12.3 Å². The van der Waals surface area contributed by atoms with Gasteiger partial charge in [0.25, 0.3) is 0 Å². The van der Waals surface area contributed by atoms with E-state index in [4.69, 9.17) is 4.98 Å². The summed E-state index contributed by atoms with van der Waals surface area (Å²) in [6.45, 7) is 5.93. The van der Waals surface area contributed by atoms with Crippen molar-refractivity contribution in [2.75, 3.05) is 54.0 Å². The van der Waals surface area contributed by atoms with Crippen LogP contribution in [-0.2, 0) is 12.8 Å². The lowest BCUT2D eigenvalue weighted by Gasteiger charge is -2.35. The number of aryl methyl sites for hydroxylation is 2. The van der Waals surface area contributed by atoms with Gasteiger partial charge in [0.1, 0.15) is 5.82 Å². The van der Waals surface area contributed by atoms with E-state index < -0.39 is 0 Å². The molecular formula is C20H27N7. The van der Waals surface area contributed by atoms with Gasteiger partial charge in [0.2, 0.25) is 5.95 Å². The summed E-state index contributed by atoms with van der Waals surface area (Å²) in [6.07, 6.45) is 9.18. The SMILES string of the molecule is c1cc(N2CCCC2)nc(N2CCN(c3cc4c(nn3)CCCC4)CC2)n1. The number of fused-ring (bicyclic) bond motifs is 1. The van der Waals surface area contributed by atoms with Crippen molar-refractivity contribution in [1.82, 2.24) is 20.2 Å². The standard InChI is InChI=1S/C20H27N7/c1-2-6-17-16(5-1)15-19(24-23-17)26-11-13-27(14-12-26)20-21-8-7-18(22-20)25-9-3-4-10-25/h7-8,15H,1-6,9-14H2. The van der Waals surface area contributed by atoms with Crippen LogP contribution in [0.2, 0.25) is 0 Å². The first-order valence-corrected chi connectivity index (χ1v) is 10.3. The van der Waals surface area contributed by atoms with E-state index in [1.54, 1.807) is 0 Å².